The van der Waals surface area contributed by atoms with Crippen LogP contribution < -0.4 is 10.6 Å². The molecule has 37 heavy (non-hydrogen) atoms. The quantitative estimate of drug-likeness (QED) is 0.266. The maximum Gasteiger partial charge on any atom is 0.408 e. The van der Waals surface area contributed by atoms with Gasteiger partial charge in [-0.3, -0.25) is 9.59 Å². The number of alkyl carbamates (subject to hydrolysis) is 1. The summed E-state index contributed by atoms with van der Waals surface area (Å²) < 4.78 is 5.43. The van der Waals surface area contributed by atoms with Gasteiger partial charge in [0, 0.05) is 18.2 Å². The molecule has 206 valence electrons. The van der Waals surface area contributed by atoms with Crippen LogP contribution in [0.1, 0.15) is 105 Å². The third-order valence-corrected chi connectivity index (χ3v) is 5.77. The maximum atomic E-state index is 14.1. The van der Waals surface area contributed by atoms with Gasteiger partial charge in [0.25, 0.3) is 0 Å². The van der Waals surface area contributed by atoms with E-state index in [4.69, 9.17) is 11.2 Å². The number of rotatable bonds is 13. The van der Waals surface area contributed by atoms with E-state index < -0.39 is 23.8 Å². The predicted octanol–water partition coefficient (Wildman–Crippen LogP) is 5.58. The minimum absolute atomic E-state index is 0.109. The molecule has 3 amide bonds. The van der Waals surface area contributed by atoms with E-state index in [0.717, 1.165) is 32.1 Å². The standard InChI is InChI=1S/C30H47N3O4/c1-10-12-13-14-15-20-33(28(35)25(21(3)4)32-29(36)37-30(7,8)9)26(27(34)31-22(5)6)24-18-16-23(11-2)17-19-24/h2,16-19,21-22,25-26H,10,12-15,20H2,1,3-9H3,(H,31,34)(H,32,36). The van der Waals surface area contributed by atoms with E-state index in [-0.39, 0.29) is 23.8 Å². The average molecular weight is 514 g/mol. The Morgan fingerprint density at radius 1 is 0.973 bits per heavy atom. The van der Waals surface area contributed by atoms with Gasteiger partial charge in [-0.25, -0.2) is 4.79 Å². The maximum absolute atomic E-state index is 14.1. The lowest BCUT2D eigenvalue weighted by molar-refractivity contribution is -0.143. The highest BCUT2D eigenvalue weighted by Crippen LogP contribution is 2.25. The van der Waals surface area contributed by atoms with Gasteiger partial charge < -0.3 is 20.3 Å². The molecule has 7 heteroatoms. The molecule has 0 aliphatic heterocycles. The molecule has 0 bridgehead atoms. The SMILES string of the molecule is C#Cc1ccc(C(C(=O)NC(C)C)N(CCCCCCC)C(=O)C(NC(=O)OC(C)(C)C)C(C)C)cc1. The summed E-state index contributed by atoms with van der Waals surface area (Å²) in [5.41, 5.74) is 0.654. The van der Waals surface area contributed by atoms with Gasteiger partial charge in [0.15, 0.2) is 0 Å². The molecule has 0 saturated heterocycles. The van der Waals surface area contributed by atoms with Crippen LogP contribution in [-0.2, 0) is 14.3 Å². The molecule has 2 atom stereocenters. The van der Waals surface area contributed by atoms with Gasteiger partial charge in [0.1, 0.15) is 17.7 Å². The van der Waals surface area contributed by atoms with Crippen LogP contribution in [0.2, 0.25) is 0 Å². The van der Waals surface area contributed by atoms with E-state index in [1.165, 1.54) is 0 Å². The summed E-state index contributed by atoms with van der Waals surface area (Å²) in [6.07, 6.45) is 9.85. The fourth-order valence-electron chi connectivity index (χ4n) is 3.98. The van der Waals surface area contributed by atoms with Crippen molar-refractivity contribution in [1.82, 2.24) is 15.5 Å². The summed E-state index contributed by atoms with van der Waals surface area (Å²) in [6.45, 7) is 15.3. The summed E-state index contributed by atoms with van der Waals surface area (Å²) in [7, 11) is 0. The number of terminal acetylenes is 1. The molecule has 0 radical (unpaired) electrons. The second kappa shape index (κ2) is 15.3. The third kappa shape index (κ3) is 11.3. The summed E-state index contributed by atoms with van der Waals surface area (Å²) >= 11 is 0. The van der Waals surface area contributed by atoms with Gasteiger partial charge in [-0.15, -0.1) is 6.42 Å². The second-order valence-electron chi connectivity index (χ2n) is 11.1. The monoisotopic (exact) mass is 513 g/mol. The number of amides is 3. The van der Waals surface area contributed by atoms with E-state index in [2.05, 4.69) is 23.5 Å². The average Bonchev–Trinajstić information content (AvgIpc) is 2.79. The van der Waals surface area contributed by atoms with Crippen LogP contribution in [0.25, 0.3) is 0 Å². The lowest BCUT2D eigenvalue weighted by Gasteiger charge is -2.36. The van der Waals surface area contributed by atoms with E-state index in [1.54, 1.807) is 49.9 Å². The Bertz CT molecular complexity index is 910. The van der Waals surface area contributed by atoms with Crippen molar-refractivity contribution in [1.29, 1.82) is 0 Å². The van der Waals surface area contributed by atoms with Crippen molar-refractivity contribution in [2.45, 2.75) is 111 Å². The Kier molecular flexibility index (Phi) is 13.2. The molecule has 2 unspecified atom stereocenters. The molecular weight excluding hydrogens is 466 g/mol. The fraction of sp³-hybridized carbons (Fsp3) is 0.633. The number of carbonyl (C=O) groups excluding carboxylic acids is 3. The Balaban J connectivity index is 3.45. The molecule has 2 N–H and O–H groups in total. The van der Waals surface area contributed by atoms with Crippen LogP contribution in [0.5, 0.6) is 0 Å². The van der Waals surface area contributed by atoms with E-state index in [1.807, 2.05) is 27.7 Å². The number of carbonyl (C=O) groups is 3. The number of hydrogen-bond donors (Lipinski definition) is 2. The van der Waals surface area contributed by atoms with Gasteiger partial charge in [-0.1, -0.05) is 64.5 Å². The Hall–Kier alpha value is -3.01. The third-order valence-electron chi connectivity index (χ3n) is 5.77. The highest BCUT2D eigenvalue weighted by molar-refractivity contribution is 5.92. The minimum Gasteiger partial charge on any atom is -0.444 e. The molecule has 1 aromatic rings. The minimum atomic E-state index is -0.866. The largest absolute Gasteiger partial charge is 0.444 e. The first kappa shape index (κ1) is 32.0. The number of nitrogens with one attached hydrogen (secondary N) is 2. The number of unbranched alkanes of at least 4 members (excludes halogenated alkanes) is 4. The van der Waals surface area contributed by atoms with Gasteiger partial charge in [-0.05, 0) is 64.7 Å². The van der Waals surface area contributed by atoms with Crippen molar-refractivity contribution in [3.8, 4) is 12.3 Å². The summed E-state index contributed by atoms with van der Waals surface area (Å²) in [6, 6.07) is 5.30. The zero-order chi connectivity index (χ0) is 28.2. The highest BCUT2D eigenvalue weighted by atomic mass is 16.6. The van der Waals surface area contributed by atoms with Crippen LogP contribution in [0, 0.1) is 18.3 Å². The molecule has 1 rings (SSSR count). The first-order valence-electron chi connectivity index (χ1n) is 13.5. The van der Waals surface area contributed by atoms with Crippen molar-refractivity contribution < 1.29 is 19.1 Å². The zero-order valence-corrected chi connectivity index (χ0v) is 24.0. The lowest BCUT2D eigenvalue weighted by Crippen LogP contribution is -2.55. The summed E-state index contributed by atoms with van der Waals surface area (Å²) in [4.78, 5) is 41.8. The molecule has 7 nitrogen and oxygen atoms in total. The molecule has 0 aliphatic rings. The van der Waals surface area contributed by atoms with Crippen molar-refractivity contribution in [3.63, 3.8) is 0 Å². The fourth-order valence-corrected chi connectivity index (χ4v) is 3.98. The van der Waals surface area contributed by atoms with Crippen LogP contribution in [0.3, 0.4) is 0 Å². The van der Waals surface area contributed by atoms with Crippen LogP contribution in [0.15, 0.2) is 24.3 Å². The van der Waals surface area contributed by atoms with Crippen molar-refractivity contribution >= 4 is 17.9 Å². The van der Waals surface area contributed by atoms with E-state index >= 15 is 0 Å². The number of ether oxygens (including phenoxy) is 1. The molecule has 0 heterocycles. The first-order chi connectivity index (χ1) is 17.3. The van der Waals surface area contributed by atoms with Crippen molar-refractivity contribution in [2.75, 3.05) is 6.54 Å². The number of nitrogens with zero attached hydrogens (tertiary/aromatic N) is 1. The molecule has 0 spiro atoms. The summed E-state index contributed by atoms with van der Waals surface area (Å²) in [5, 5.41) is 5.73. The first-order valence-corrected chi connectivity index (χ1v) is 13.5. The molecule has 0 aromatic heterocycles. The van der Waals surface area contributed by atoms with Crippen LogP contribution in [0.4, 0.5) is 4.79 Å². The topological polar surface area (TPSA) is 87.7 Å². The molecule has 1 aromatic carbocycles. The van der Waals surface area contributed by atoms with Gasteiger partial charge in [0.05, 0.1) is 0 Å². The normalized spacial score (nSPS) is 13.0. The second-order valence-corrected chi connectivity index (χ2v) is 11.1. The highest BCUT2D eigenvalue weighted by Gasteiger charge is 2.37. The predicted molar refractivity (Wildman–Crippen MR) is 149 cm³/mol. The zero-order valence-electron chi connectivity index (χ0n) is 24.0. The number of benzene rings is 1. The number of hydrogen-bond acceptors (Lipinski definition) is 4. The molecule has 0 aliphatic carbocycles. The molecule has 0 fully saturated rings. The Morgan fingerprint density at radius 2 is 1.57 bits per heavy atom. The lowest BCUT2D eigenvalue weighted by atomic mass is 9.97. The van der Waals surface area contributed by atoms with Crippen molar-refractivity contribution in [3.05, 3.63) is 35.4 Å². The van der Waals surface area contributed by atoms with E-state index in [9.17, 15) is 14.4 Å². The molecule has 0 saturated carbocycles. The Labute approximate surface area is 224 Å². The molecular formula is C30H47N3O4. The van der Waals surface area contributed by atoms with Gasteiger partial charge >= 0.3 is 6.09 Å². The van der Waals surface area contributed by atoms with Crippen LogP contribution in [-0.4, -0.2) is 47.0 Å². The summed E-state index contributed by atoms with van der Waals surface area (Å²) in [5.74, 6) is 1.78. The van der Waals surface area contributed by atoms with Crippen LogP contribution >= 0.6 is 0 Å². The van der Waals surface area contributed by atoms with E-state index in [0.29, 0.717) is 17.7 Å². The van der Waals surface area contributed by atoms with Gasteiger partial charge in [0.2, 0.25) is 11.8 Å². The van der Waals surface area contributed by atoms with Gasteiger partial charge in [-0.2, -0.15) is 0 Å². The Morgan fingerprint density at radius 3 is 2.05 bits per heavy atom. The smallest absolute Gasteiger partial charge is 0.408 e. The van der Waals surface area contributed by atoms with Crippen molar-refractivity contribution in [2.24, 2.45) is 5.92 Å².